The molecule has 39 heavy (non-hydrogen) atoms. The number of esters is 1. The zero-order valence-corrected chi connectivity index (χ0v) is 26.3. The summed E-state index contributed by atoms with van der Waals surface area (Å²) in [5.41, 5.74) is -0.604. The zero-order chi connectivity index (χ0) is 29.3. The van der Waals surface area contributed by atoms with Crippen molar-refractivity contribution in [2.45, 2.75) is 104 Å². The first kappa shape index (κ1) is 31.1. The minimum absolute atomic E-state index is 0.124. The summed E-state index contributed by atoms with van der Waals surface area (Å²) in [5, 5.41) is 2.69. The van der Waals surface area contributed by atoms with E-state index < -0.39 is 17.2 Å². The molecule has 8 heteroatoms. The van der Waals surface area contributed by atoms with E-state index in [1.165, 1.54) is 11.3 Å². The highest BCUT2D eigenvalue weighted by Gasteiger charge is 2.61. The summed E-state index contributed by atoms with van der Waals surface area (Å²) in [6, 6.07) is 5.14. The fourth-order valence-electron chi connectivity index (χ4n) is 5.73. The minimum atomic E-state index is -1.19. The van der Waals surface area contributed by atoms with Crippen LogP contribution in [-0.2, 0) is 19.7 Å². The second-order valence-electron chi connectivity index (χ2n) is 13.1. The van der Waals surface area contributed by atoms with Crippen molar-refractivity contribution < 1.29 is 23.8 Å². The predicted octanol–water partition coefficient (Wildman–Crippen LogP) is 6.81. The largest absolute Gasteiger partial charge is 0.496 e. The topological polar surface area (TPSA) is 78.0 Å². The molecule has 0 radical (unpaired) electrons. The molecule has 2 aromatic rings. The number of amides is 1. The lowest BCUT2D eigenvalue weighted by atomic mass is 9.82. The first-order valence-corrected chi connectivity index (χ1v) is 14.6. The van der Waals surface area contributed by atoms with Gasteiger partial charge in [0.05, 0.1) is 19.3 Å². The molecule has 1 saturated heterocycles. The summed E-state index contributed by atoms with van der Waals surface area (Å²) >= 11 is 1.49. The average Bonchev–Trinajstić information content (AvgIpc) is 3.47. The Balaban J connectivity index is 2.29. The number of benzene rings is 1. The van der Waals surface area contributed by atoms with E-state index in [1.807, 2.05) is 45.2 Å². The number of carbonyl (C=O) groups is 2. The van der Waals surface area contributed by atoms with Crippen LogP contribution in [0.4, 0.5) is 0 Å². The molecule has 1 aliphatic heterocycles. The summed E-state index contributed by atoms with van der Waals surface area (Å²) in [5.74, 6) is -0.0212. The summed E-state index contributed by atoms with van der Waals surface area (Å²) in [4.78, 5) is 35.4. The third kappa shape index (κ3) is 6.49. The molecule has 4 atom stereocenters. The number of thiazole rings is 1. The van der Waals surface area contributed by atoms with Crippen LogP contribution < -0.4 is 4.74 Å². The van der Waals surface area contributed by atoms with E-state index in [0.717, 1.165) is 10.6 Å². The van der Waals surface area contributed by atoms with Crippen LogP contribution in [0.3, 0.4) is 0 Å². The number of carbonyl (C=O) groups excluding carboxylic acids is 2. The Morgan fingerprint density at radius 1 is 1.13 bits per heavy atom. The van der Waals surface area contributed by atoms with Crippen molar-refractivity contribution in [3.05, 3.63) is 45.9 Å². The van der Waals surface area contributed by atoms with Gasteiger partial charge in [0.15, 0.2) is 0 Å². The summed E-state index contributed by atoms with van der Waals surface area (Å²) in [6.07, 6.45) is 2.40. The maximum absolute atomic E-state index is 14.7. The second kappa shape index (κ2) is 11.6. The molecule has 0 aliphatic carbocycles. The average molecular weight is 559 g/mol. The lowest BCUT2D eigenvalue weighted by molar-refractivity contribution is -0.168. The number of ether oxygens (including phenoxy) is 3. The molecule has 1 fully saturated rings. The minimum Gasteiger partial charge on any atom is -0.496 e. The Hall–Kier alpha value is -2.45. The van der Waals surface area contributed by atoms with Gasteiger partial charge in [-0.2, -0.15) is 0 Å². The van der Waals surface area contributed by atoms with Crippen LogP contribution in [0.2, 0.25) is 0 Å². The number of aromatic nitrogens is 1. The Kier molecular flexibility index (Phi) is 9.22. The highest BCUT2D eigenvalue weighted by atomic mass is 32.1. The summed E-state index contributed by atoms with van der Waals surface area (Å²) in [6.45, 7) is 18.0. The van der Waals surface area contributed by atoms with Gasteiger partial charge >= 0.3 is 5.97 Å². The van der Waals surface area contributed by atoms with E-state index in [1.54, 1.807) is 31.4 Å². The van der Waals surface area contributed by atoms with Crippen LogP contribution >= 0.6 is 11.3 Å². The van der Waals surface area contributed by atoms with Crippen LogP contribution in [0.5, 0.6) is 5.75 Å². The van der Waals surface area contributed by atoms with Crippen LogP contribution in [0.1, 0.15) is 102 Å². The molecule has 0 saturated carbocycles. The molecule has 0 spiro atoms. The standard InChI is InChI=1S/C31H46N2O5S/c1-19(2)17-31(28(35)38-30(7,8)9)18-22(20(3)36-10)25(26-32-14-15-39-26)33(31)27(34)21-12-13-23(29(4,5)6)24(16-21)37-11/h12-16,19-20,22,25H,17-18H2,1-11H3/t20?,22-,25+,31-/m0/s1. The highest BCUT2D eigenvalue weighted by Crippen LogP contribution is 2.53. The van der Waals surface area contributed by atoms with E-state index in [0.29, 0.717) is 24.2 Å². The number of methoxy groups -OCH3 is 2. The van der Waals surface area contributed by atoms with Crippen LogP contribution in [0, 0.1) is 11.8 Å². The van der Waals surface area contributed by atoms with Crippen molar-refractivity contribution in [3.63, 3.8) is 0 Å². The van der Waals surface area contributed by atoms with Gasteiger partial charge in [-0.1, -0.05) is 40.7 Å². The number of rotatable bonds is 8. The Morgan fingerprint density at radius 2 is 1.79 bits per heavy atom. The van der Waals surface area contributed by atoms with E-state index in [9.17, 15) is 9.59 Å². The SMILES string of the molecule is COc1cc(C(=O)N2[C@@H](c3nccs3)[C@H](C(C)OC)C[C@@]2(CC(C)C)C(=O)OC(C)(C)C)ccc1C(C)(C)C. The van der Waals surface area contributed by atoms with E-state index in [-0.39, 0.29) is 35.2 Å². The first-order valence-electron chi connectivity index (χ1n) is 13.7. The number of likely N-dealkylation sites (tertiary alicyclic amines) is 1. The smallest absolute Gasteiger partial charge is 0.332 e. The van der Waals surface area contributed by atoms with E-state index in [4.69, 9.17) is 14.2 Å². The van der Waals surface area contributed by atoms with Gasteiger partial charge in [-0.25, -0.2) is 9.78 Å². The Labute approximate surface area is 238 Å². The normalized spacial score (nSPS) is 22.7. The van der Waals surface area contributed by atoms with Gasteiger partial charge in [0, 0.05) is 30.2 Å². The maximum atomic E-state index is 14.7. The molecule has 1 aliphatic rings. The van der Waals surface area contributed by atoms with Crippen molar-refractivity contribution >= 4 is 23.2 Å². The number of hydrogen-bond donors (Lipinski definition) is 0. The fraction of sp³-hybridized carbons (Fsp3) is 0.645. The third-order valence-corrected chi connectivity index (χ3v) is 8.24. The molecule has 7 nitrogen and oxygen atoms in total. The van der Waals surface area contributed by atoms with Gasteiger partial charge in [0.1, 0.15) is 21.9 Å². The lowest BCUT2D eigenvalue weighted by Crippen LogP contribution is -2.56. The van der Waals surface area contributed by atoms with Crippen molar-refractivity contribution in [1.29, 1.82) is 0 Å². The number of hydrogen-bond acceptors (Lipinski definition) is 7. The van der Waals surface area contributed by atoms with Gasteiger partial charge in [0.25, 0.3) is 5.91 Å². The number of nitrogens with zero attached hydrogens (tertiary/aromatic N) is 2. The molecule has 1 aromatic heterocycles. The molecule has 0 N–H and O–H groups in total. The van der Waals surface area contributed by atoms with Crippen molar-refractivity contribution in [2.24, 2.45) is 11.8 Å². The predicted molar refractivity (Wildman–Crippen MR) is 155 cm³/mol. The van der Waals surface area contributed by atoms with Gasteiger partial charge in [0.2, 0.25) is 0 Å². The highest BCUT2D eigenvalue weighted by molar-refractivity contribution is 7.09. The summed E-state index contributed by atoms with van der Waals surface area (Å²) in [7, 11) is 3.29. The zero-order valence-electron chi connectivity index (χ0n) is 25.5. The molecular weight excluding hydrogens is 512 g/mol. The molecule has 0 bridgehead atoms. The molecule has 1 unspecified atom stereocenters. The van der Waals surface area contributed by atoms with Gasteiger partial charge < -0.3 is 19.1 Å². The Morgan fingerprint density at radius 3 is 2.28 bits per heavy atom. The van der Waals surface area contributed by atoms with Crippen LogP contribution in [0.15, 0.2) is 29.8 Å². The third-order valence-electron chi connectivity index (χ3n) is 7.40. The maximum Gasteiger partial charge on any atom is 0.332 e. The first-order chi connectivity index (χ1) is 18.1. The molecule has 1 amide bonds. The van der Waals surface area contributed by atoms with Gasteiger partial charge in [-0.3, -0.25) is 4.79 Å². The van der Waals surface area contributed by atoms with Crippen molar-refractivity contribution in [1.82, 2.24) is 9.88 Å². The van der Waals surface area contributed by atoms with Gasteiger partial charge in [-0.15, -0.1) is 11.3 Å². The monoisotopic (exact) mass is 558 g/mol. The molecule has 216 valence electrons. The van der Waals surface area contributed by atoms with Crippen molar-refractivity contribution in [3.8, 4) is 5.75 Å². The molecular formula is C31H46N2O5S. The lowest BCUT2D eigenvalue weighted by Gasteiger charge is -2.41. The fourth-order valence-corrected chi connectivity index (χ4v) is 6.53. The van der Waals surface area contributed by atoms with E-state index in [2.05, 4.69) is 39.6 Å². The molecule has 1 aromatic carbocycles. The quantitative estimate of drug-likeness (QED) is 0.331. The van der Waals surface area contributed by atoms with Gasteiger partial charge in [-0.05, 0) is 69.6 Å². The second-order valence-corrected chi connectivity index (χ2v) is 14.0. The Bertz CT molecular complexity index is 1150. The molecule has 2 heterocycles. The summed E-state index contributed by atoms with van der Waals surface area (Å²) < 4.78 is 17.6. The van der Waals surface area contributed by atoms with Crippen LogP contribution in [-0.4, -0.2) is 53.2 Å². The van der Waals surface area contributed by atoms with E-state index >= 15 is 0 Å². The van der Waals surface area contributed by atoms with Crippen molar-refractivity contribution in [2.75, 3.05) is 14.2 Å². The van der Waals surface area contributed by atoms with Crippen LogP contribution in [0.25, 0.3) is 0 Å². The molecule has 3 rings (SSSR count).